The molecule has 1 fully saturated rings. The van der Waals surface area contributed by atoms with Crippen LogP contribution >= 0.6 is 0 Å². The van der Waals surface area contributed by atoms with E-state index in [0.29, 0.717) is 5.56 Å². The van der Waals surface area contributed by atoms with E-state index in [-0.39, 0.29) is 18.5 Å². The zero-order valence-electron chi connectivity index (χ0n) is 16.4. The summed E-state index contributed by atoms with van der Waals surface area (Å²) in [6, 6.07) is 10.4. The van der Waals surface area contributed by atoms with Crippen molar-refractivity contribution in [3.8, 4) is 16.8 Å². The molecule has 0 aliphatic carbocycles. The monoisotopic (exact) mass is 431 g/mol. The Morgan fingerprint density at radius 1 is 1.19 bits per heavy atom. The average molecular weight is 431 g/mol. The Morgan fingerprint density at radius 3 is 2.42 bits per heavy atom. The molecule has 162 valence electrons. The second-order valence-corrected chi connectivity index (χ2v) is 7.34. The van der Waals surface area contributed by atoms with Crippen LogP contribution in [-0.2, 0) is 16.1 Å². The highest BCUT2D eigenvalue weighted by Gasteiger charge is 2.76. The van der Waals surface area contributed by atoms with E-state index in [1.165, 1.54) is 27.1 Å². The number of aromatic nitrogens is 4. The molecule has 2 N–H and O–H groups in total. The molecule has 3 heterocycles. The fourth-order valence-electron chi connectivity index (χ4n) is 3.62. The number of hydroxylamine groups is 1. The largest absolute Gasteiger partial charge is 0.346 e. The number of nitrogens with one attached hydrogen (secondary N) is 1. The van der Waals surface area contributed by atoms with Crippen molar-refractivity contribution in [3.63, 3.8) is 0 Å². The van der Waals surface area contributed by atoms with E-state index in [2.05, 4.69) is 10.2 Å². The molecule has 1 aromatic carbocycles. The molecule has 0 saturated carbocycles. The molecule has 4 rings (SSSR count). The summed E-state index contributed by atoms with van der Waals surface area (Å²) in [5, 5.41) is 17.0. The Kier molecular flexibility index (Phi) is 5.15. The van der Waals surface area contributed by atoms with Gasteiger partial charge in [0.15, 0.2) is 11.2 Å². The molecule has 1 amide bonds. The molecule has 2 atom stereocenters. The van der Waals surface area contributed by atoms with E-state index >= 15 is 0 Å². The minimum Gasteiger partial charge on any atom is -0.346 e. The first-order chi connectivity index (χ1) is 14.8. The number of epoxide rings is 1. The summed E-state index contributed by atoms with van der Waals surface area (Å²) in [6.07, 6.45) is 1.53. The number of benzene rings is 1. The fraction of sp³-hybridized carbons (Fsp3) is 0.300. The number of amides is 1. The van der Waals surface area contributed by atoms with Crippen LogP contribution < -0.4 is 11.0 Å². The number of ether oxygens (including phenoxy) is 1. The van der Waals surface area contributed by atoms with Crippen molar-refractivity contribution in [2.75, 3.05) is 0 Å². The van der Waals surface area contributed by atoms with Gasteiger partial charge >= 0.3 is 0 Å². The van der Waals surface area contributed by atoms with Crippen molar-refractivity contribution in [1.29, 1.82) is 0 Å². The third-order valence-electron chi connectivity index (χ3n) is 5.58. The van der Waals surface area contributed by atoms with Crippen LogP contribution in [0, 0.1) is 0 Å². The maximum absolute atomic E-state index is 13.3. The van der Waals surface area contributed by atoms with Crippen LogP contribution in [0.3, 0.4) is 0 Å². The van der Waals surface area contributed by atoms with Gasteiger partial charge in [-0.15, -0.1) is 0 Å². The van der Waals surface area contributed by atoms with Gasteiger partial charge in [-0.3, -0.25) is 14.8 Å². The minimum atomic E-state index is -2.93. The van der Waals surface area contributed by atoms with Crippen LogP contribution in [0.2, 0.25) is 0 Å². The second kappa shape index (κ2) is 7.67. The van der Waals surface area contributed by atoms with Crippen LogP contribution in [0.25, 0.3) is 16.8 Å². The smallest absolute Gasteiger partial charge is 0.278 e. The van der Waals surface area contributed by atoms with Crippen LogP contribution in [0.1, 0.15) is 13.3 Å². The van der Waals surface area contributed by atoms with E-state index in [1.807, 2.05) is 24.3 Å². The number of pyridine rings is 1. The summed E-state index contributed by atoms with van der Waals surface area (Å²) in [6.45, 7) is 1.06. The normalized spacial score (nSPS) is 22.5. The summed E-state index contributed by atoms with van der Waals surface area (Å²) in [5.74, 6) is -1.06. The third-order valence-corrected chi connectivity index (χ3v) is 5.58. The molecule has 1 saturated heterocycles. The number of alkyl halides is 2. The maximum atomic E-state index is 13.3. The lowest BCUT2D eigenvalue weighted by molar-refractivity contribution is -0.135. The summed E-state index contributed by atoms with van der Waals surface area (Å²) in [7, 11) is 0. The Balaban J connectivity index is 1.51. The fourth-order valence-corrected chi connectivity index (χ4v) is 3.62. The number of nitrogens with zero attached hydrogens (tertiary/aromatic N) is 4. The molecule has 2 aromatic heterocycles. The molecule has 2 unspecified atom stereocenters. The van der Waals surface area contributed by atoms with E-state index < -0.39 is 23.5 Å². The molecule has 0 radical (unpaired) electrons. The SMILES string of the molecule is CC1(C(F)F)OC1(CCn1ccc(-c2ccc(-n3nccn3)cc2)cc1=O)C(=O)NO. The van der Waals surface area contributed by atoms with Crippen LogP contribution in [0.5, 0.6) is 0 Å². The third kappa shape index (κ3) is 3.51. The lowest BCUT2D eigenvalue weighted by atomic mass is 9.90. The van der Waals surface area contributed by atoms with E-state index in [1.54, 1.807) is 18.5 Å². The lowest BCUT2D eigenvalue weighted by Gasteiger charge is -2.16. The number of carbonyl (C=O) groups is 1. The lowest BCUT2D eigenvalue weighted by Crippen LogP contribution is -2.44. The van der Waals surface area contributed by atoms with Gasteiger partial charge in [-0.05, 0) is 36.2 Å². The second-order valence-electron chi connectivity index (χ2n) is 7.34. The Morgan fingerprint density at radius 2 is 1.87 bits per heavy atom. The molecular formula is C20H19F2N5O4. The standard InChI is InChI=1S/C20H19F2N5O4/c1-19(17(21)22)20(31-19,18(29)25-30)7-11-26-10-6-14(12-16(26)28)13-2-4-15(5-3-13)27-23-8-9-24-27/h2-6,8-10,12,17,30H,7,11H2,1H3,(H,25,29). The highest BCUT2D eigenvalue weighted by atomic mass is 19.3. The summed E-state index contributed by atoms with van der Waals surface area (Å²) in [5.41, 5.74) is -0.672. The molecule has 0 bridgehead atoms. The van der Waals surface area contributed by atoms with Gasteiger partial charge in [-0.1, -0.05) is 12.1 Å². The van der Waals surface area contributed by atoms with Crippen molar-refractivity contribution in [2.45, 2.75) is 37.5 Å². The zero-order valence-corrected chi connectivity index (χ0v) is 16.4. The molecule has 9 nitrogen and oxygen atoms in total. The molecule has 1 aliphatic rings. The van der Waals surface area contributed by atoms with E-state index in [4.69, 9.17) is 9.94 Å². The van der Waals surface area contributed by atoms with Gasteiger partial charge in [0.2, 0.25) is 0 Å². The predicted molar refractivity (Wildman–Crippen MR) is 104 cm³/mol. The van der Waals surface area contributed by atoms with Crippen molar-refractivity contribution < 1.29 is 23.5 Å². The van der Waals surface area contributed by atoms with Crippen LogP contribution in [-0.4, -0.2) is 48.3 Å². The number of aryl methyl sites for hydroxylation is 1. The maximum Gasteiger partial charge on any atom is 0.278 e. The molecule has 1 aliphatic heterocycles. The van der Waals surface area contributed by atoms with Crippen LogP contribution in [0.15, 0.2) is 59.8 Å². The van der Waals surface area contributed by atoms with E-state index in [9.17, 15) is 18.4 Å². The first-order valence-electron chi connectivity index (χ1n) is 9.41. The molecular weight excluding hydrogens is 412 g/mol. The summed E-state index contributed by atoms with van der Waals surface area (Å²) >= 11 is 0. The first kappa shape index (κ1) is 20.8. The highest BCUT2D eigenvalue weighted by Crippen LogP contribution is 2.54. The number of carbonyl (C=O) groups excluding carboxylic acids is 1. The van der Waals surface area contributed by atoms with Crippen LogP contribution in [0.4, 0.5) is 8.78 Å². The number of hydrogen-bond donors (Lipinski definition) is 2. The molecule has 0 spiro atoms. The van der Waals surface area contributed by atoms with Crippen molar-refractivity contribution in [1.82, 2.24) is 25.0 Å². The van der Waals surface area contributed by atoms with E-state index in [0.717, 1.165) is 18.2 Å². The van der Waals surface area contributed by atoms with Gasteiger partial charge in [0.25, 0.3) is 17.9 Å². The van der Waals surface area contributed by atoms with Gasteiger partial charge in [0.05, 0.1) is 18.1 Å². The number of halogens is 2. The Bertz CT molecular complexity index is 1150. The number of rotatable bonds is 7. The molecule has 3 aromatic rings. The highest BCUT2D eigenvalue weighted by molar-refractivity contribution is 5.89. The number of hydrogen-bond acceptors (Lipinski definition) is 6. The molecule has 11 heteroatoms. The Hall–Kier alpha value is -3.44. The van der Waals surface area contributed by atoms with Gasteiger partial charge in [-0.2, -0.15) is 15.0 Å². The van der Waals surface area contributed by atoms with Crippen molar-refractivity contribution in [3.05, 3.63) is 65.3 Å². The summed E-state index contributed by atoms with van der Waals surface area (Å²) < 4.78 is 32.9. The van der Waals surface area contributed by atoms with Gasteiger partial charge in [0.1, 0.15) is 0 Å². The van der Waals surface area contributed by atoms with Crippen molar-refractivity contribution in [2.24, 2.45) is 0 Å². The Labute approximate surface area is 174 Å². The van der Waals surface area contributed by atoms with Crippen molar-refractivity contribution >= 4 is 5.91 Å². The van der Waals surface area contributed by atoms with Gasteiger partial charge in [-0.25, -0.2) is 14.3 Å². The topological polar surface area (TPSA) is 115 Å². The first-order valence-corrected chi connectivity index (χ1v) is 9.41. The van der Waals surface area contributed by atoms with Gasteiger partial charge < -0.3 is 9.30 Å². The predicted octanol–water partition coefficient (Wildman–Crippen LogP) is 1.78. The average Bonchev–Trinajstić information content (AvgIpc) is 3.12. The molecule has 31 heavy (non-hydrogen) atoms. The summed E-state index contributed by atoms with van der Waals surface area (Å²) in [4.78, 5) is 26.0. The van der Waals surface area contributed by atoms with Gasteiger partial charge in [0, 0.05) is 25.2 Å². The quantitative estimate of drug-likeness (QED) is 0.335. The zero-order chi connectivity index (χ0) is 22.2. The minimum absolute atomic E-state index is 0.0429.